The summed E-state index contributed by atoms with van der Waals surface area (Å²) in [6, 6.07) is 10.3. The standard InChI is InChI=1S/C33H49NO4/c1-23(2)20-24-13-15-27(16-14-24)32-30(26-17-18-26)31(34-38-32)28(21-29(35)37-33(3,4)5)12-9-19-36-22-25-10-7-6-8-11-25/h6-8,10-11,23-24,26-28H,9,12-22H2,1-5H3. The molecule has 0 spiro atoms. The zero-order valence-corrected chi connectivity index (χ0v) is 24.3. The molecule has 0 bridgehead atoms. The Labute approximate surface area is 230 Å². The first-order valence-corrected chi connectivity index (χ1v) is 15.0. The van der Waals surface area contributed by atoms with Gasteiger partial charge in [0, 0.05) is 24.0 Å². The number of aromatic nitrogens is 1. The topological polar surface area (TPSA) is 61.6 Å². The first-order chi connectivity index (χ1) is 18.2. The summed E-state index contributed by atoms with van der Waals surface area (Å²) >= 11 is 0. The van der Waals surface area contributed by atoms with Gasteiger partial charge in [-0.15, -0.1) is 0 Å². The van der Waals surface area contributed by atoms with Gasteiger partial charge in [0.1, 0.15) is 11.4 Å². The third-order valence-corrected chi connectivity index (χ3v) is 7.96. The molecule has 1 aromatic heterocycles. The highest BCUT2D eigenvalue weighted by Gasteiger charge is 2.39. The van der Waals surface area contributed by atoms with E-state index in [-0.39, 0.29) is 11.9 Å². The third-order valence-electron chi connectivity index (χ3n) is 7.96. The number of benzene rings is 1. The van der Waals surface area contributed by atoms with E-state index in [0.717, 1.165) is 36.1 Å². The predicted octanol–water partition coefficient (Wildman–Crippen LogP) is 8.68. The number of carbonyl (C=O) groups is 1. The van der Waals surface area contributed by atoms with Gasteiger partial charge < -0.3 is 14.0 Å². The van der Waals surface area contributed by atoms with Gasteiger partial charge in [-0.05, 0) is 102 Å². The molecule has 210 valence electrons. The molecule has 0 aliphatic heterocycles. The van der Waals surface area contributed by atoms with Gasteiger partial charge in [0.25, 0.3) is 0 Å². The second kappa shape index (κ2) is 13.3. The Balaban J connectivity index is 1.44. The van der Waals surface area contributed by atoms with E-state index < -0.39 is 5.60 Å². The first-order valence-electron chi connectivity index (χ1n) is 15.0. The van der Waals surface area contributed by atoms with Crippen molar-refractivity contribution in [1.29, 1.82) is 0 Å². The van der Waals surface area contributed by atoms with E-state index in [9.17, 15) is 4.79 Å². The largest absolute Gasteiger partial charge is 0.460 e. The van der Waals surface area contributed by atoms with Crippen molar-refractivity contribution in [1.82, 2.24) is 5.16 Å². The fourth-order valence-electron chi connectivity index (χ4n) is 6.14. The monoisotopic (exact) mass is 523 g/mol. The maximum absolute atomic E-state index is 12.9. The summed E-state index contributed by atoms with van der Waals surface area (Å²) in [6.07, 6.45) is 10.7. The number of hydrogen-bond donors (Lipinski definition) is 0. The average molecular weight is 524 g/mol. The van der Waals surface area contributed by atoms with Crippen molar-refractivity contribution >= 4 is 5.97 Å². The second-order valence-electron chi connectivity index (χ2n) is 13.1. The minimum Gasteiger partial charge on any atom is -0.460 e. The highest BCUT2D eigenvalue weighted by molar-refractivity contribution is 5.71. The Morgan fingerprint density at radius 1 is 1.03 bits per heavy atom. The van der Waals surface area contributed by atoms with Gasteiger partial charge in [-0.1, -0.05) is 49.3 Å². The summed E-state index contributed by atoms with van der Waals surface area (Å²) in [7, 11) is 0. The smallest absolute Gasteiger partial charge is 0.306 e. The lowest BCUT2D eigenvalue weighted by atomic mass is 9.76. The van der Waals surface area contributed by atoms with Gasteiger partial charge in [-0.3, -0.25) is 4.79 Å². The number of carbonyl (C=O) groups excluding carboxylic acids is 1. The molecular formula is C33H49NO4. The quantitative estimate of drug-likeness (QED) is 0.194. The molecular weight excluding hydrogens is 474 g/mol. The fraction of sp³-hybridized carbons (Fsp3) is 0.697. The van der Waals surface area contributed by atoms with Crippen LogP contribution in [0.15, 0.2) is 34.9 Å². The van der Waals surface area contributed by atoms with Crippen LogP contribution in [-0.4, -0.2) is 23.3 Å². The minimum absolute atomic E-state index is 0.00412. The van der Waals surface area contributed by atoms with Crippen molar-refractivity contribution in [3.63, 3.8) is 0 Å². The first kappa shape index (κ1) is 28.9. The number of rotatable bonds is 13. The Morgan fingerprint density at radius 2 is 1.71 bits per heavy atom. The summed E-state index contributed by atoms with van der Waals surface area (Å²) in [5.41, 5.74) is 3.03. The van der Waals surface area contributed by atoms with Gasteiger partial charge in [-0.25, -0.2) is 0 Å². The van der Waals surface area contributed by atoms with Gasteiger partial charge >= 0.3 is 5.97 Å². The maximum Gasteiger partial charge on any atom is 0.306 e. The van der Waals surface area contributed by atoms with E-state index in [2.05, 4.69) is 26.0 Å². The van der Waals surface area contributed by atoms with Crippen LogP contribution in [-0.2, 0) is 20.9 Å². The Hall–Kier alpha value is -2.14. The molecule has 0 amide bonds. The molecule has 0 radical (unpaired) electrons. The second-order valence-corrected chi connectivity index (χ2v) is 13.1. The molecule has 2 fully saturated rings. The Kier molecular flexibility index (Phi) is 10.1. The molecule has 38 heavy (non-hydrogen) atoms. The van der Waals surface area contributed by atoms with Crippen LogP contribution in [0.1, 0.15) is 139 Å². The van der Waals surface area contributed by atoms with Crippen LogP contribution >= 0.6 is 0 Å². The highest BCUT2D eigenvalue weighted by atomic mass is 16.6. The zero-order valence-electron chi connectivity index (χ0n) is 24.3. The fourth-order valence-corrected chi connectivity index (χ4v) is 6.14. The minimum atomic E-state index is -0.497. The lowest BCUT2D eigenvalue weighted by Gasteiger charge is -2.28. The van der Waals surface area contributed by atoms with Crippen LogP contribution in [0.2, 0.25) is 0 Å². The zero-order chi connectivity index (χ0) is 27.1. The van der Waals surface area contributed by atoms with E-state index in [1.165, 1.54) is 56.1 Å². The van der Waals surface area contributed by atoms with Crippen LogP contribution in [0.3, 0.4) is 0 Å². The molecule has 4 rings (SSSR count). The summed E-state index contributed by atoms with van der Waals surface area (Å²) < 4.78 is 17.9. The molecule has 1 aromatic carbocycles. The van der Waals surface area contributed by atoms with Gasteiger partial charge in [-0.2, -0.15) is 0 Å². The van der Waals surface area contributed by atoms with Crippen molar-refractivity contribution in [3.8, 4) is 0 Å². The summed E-state index contributed by atoms with van der Waals surface area (Å²) in [5, 5.41) is 4.69. The highest BCUT2D eigenvalue weighted by Crippen LogP contribution is 2.50. The van der Waals surface area contributed by atoms with Crippen molar-refractivity contribution in [2.24, 2.45) is 11.8 Å². The lowest BCUT2D eigenvalue weighted by Crippen LogP contribution is -2.25. The lowest BCUT2D eigenvalue weighted by molar-refractivity contribution is -0.155. The SMILES string of the molecule is CC(C)CC1CCC(c2onc(C(CCCOCc3ccccc3)CC(=O)OC(C)(C)C)c2C2CC2)CC1. The molecule has 2 saturated carbocycles. The normalized spacial score (nSPS) is 21.0. The summed E-state index contributed by atoms with van der Waals surface area (Å²) in [4.78, 5) is 12.9. The van der Waals surface area contributed by atoms with Gasteiger partial charge in [0.2, 0.25) is 0 Å². The van der Waals surface area contributed by atoms with Crippen LogP contribution in [0, 0.1) is 11.8 Å². The summed E-state index contributed by atoms with van der Waals surface area (Å²) in [6.45, 7) is 11.7. The predicted molar refractivity (Wildman–Crippen MR) is 151 cm³/mol. The van der Waals surface area contributed by atoms with Crippen molar-refractivity contribution in [2.75, 3.05) is 6.61 Å². The Bertz CT molecular complexity index is 994. The van der Waals surface area contributed by atoms with E-state index in [4.69, 9.17) is 19.2 Å². The van der Waals surface area contributed by atoms with Gasteiger partial charge in [0.05, 0.1) is 18.7 Å². The molecule has 1 unspecified atom stereocenters. The number of ether oxygens (including phenoxy) is 2. The molecule has 1 heterocycles. The van der Waals surface area contributed by atoms with Crippen LogP contribution in [0.4, 0.5) is 0 Å². The van der Waals surface area contributed by atoms with Gasteiger partial charge in [0.15, 0.2) is 0 Å². The third kappa shape index (κ3) is 8.69. The van der Waals surface area contributed by atoms with E-state index >= 15 is 0 Å². The van der Waals surface area contributed by atoms with Crippen molar-refractivity contribution < 1.29 is 18.8 Å². The van der Waals surface area contributed by atoms with Crippen molar-refractivity contribution in [3.05, 3.63) is 52.9 Å². The number of nitrogens with zero attached hydrogens (tertiary/aromatic N) is 1. The molecule has 0 N–H and O–H groups in total. The van der Waals surface area contributed by atoms with E-state index in [1.54, 1.807) is 0 Å². The molecule has 2 aromatic rings. The Morgan fingerprint density at radius 3 is 2.34 bits per heavy atom. The molecule has 2 aliphatic carbocycles. The van der Waals surface area contributed by atoms with Crippen LogP contribution in [0.5, 0.6) is 0 Å². The summed E-state index contributed by atoms with van der Waals surface area (Å²) in [5.74, 6) is 3.57. The molecule has 5 heteroatoms. The molecule has 1 atom stereocenters. The van der Waals surface area contributed by atoms with Crippen molar-refractivity contribution in [2.45, 2.75) is 129 Å². The number of hydrogen-bond acceptors (Lipinski definition) is 5. The van der Waals surface area contributed by atoms with Crippen LogP contribution in [0.25, 0.3) is 0 Å². The average Bonchev–Trinajstić information content (AvgIpc) is 3.60. The number of esters is 1. The molecule has 2 aliphatic rings. The maximum atomic E-state index is 12.9. The van der Waals surface area contributed by atoms with E-state index in [1.807, 2.05) is 39.0 Å². The molecule has 5 nitrogen and oxygen atoms in total. The molecule has 0 saturated heterocycles. The van der Waals surface area contributed by atoms with E-state index in [0.29, 0.717) is 31.5 Å². The van der Waals surface area contributed by atoms with Crippen LogP contribution < -0.4 is 0 Å².